The minimum atomic E-state index is -3.36. The first-order valence-corrected chi connectivity index (χ1v) is 10.3. The SMILES string of the molecule is CCc1ccc(S(=O)(=O)N2CCN(Cc3ccsc3)CC2)cc1. The van der Waals surface area contributed by atoms with E-state index in [4.69, 9.17) is 0 Å². The normalized spacial score (nSPS) is 17.4. The summed E-state index contributed by atoms with van der Waals surface area (Å²) in [5, 5.41) is 4.23. The molecule has 3 rings (SSSR count). The zero-order chi connectivity index (χ0) is 16.3. The first-order chi connectivity index (χ1) is 11.1. The van der Waals surface area contributed by atoms with E-state index in [1.165, 1.54) is 5.56 Å². The molecule has 1 fully saturated rings. The molecule has 0 unspecified atom stereocenters. The van der Waals surface area contributed by atoms with Crippen molar-refractivity contribution in [3.05, 3.63) is 52.2 Å². The van der Waals surface area contributed by atoms with Gasteiger partial charge in [0.05, 0.1) is 4.90 Å². The number of rotatable bonds is 5. The second-order valence-corrected chi connectivity index (χ2v) is 8.53. The van der Waals surface area contributed by atoms with Crippen molar-refractivity contribution in [1.82, 2.24) is 9.21 Å². The van der Waals surface area contributed by atoms with Crippen molar-refractivity contribution in [1.29, 1.82) is 0 Å². The molecule has 0 spiro atoms. The van der Waals surface area contributed by atoms with E-state index in [-0.39, 0.29) is 0 Å². The average molecular weight is 351 g/mol. The summed E-state index contributed by atoms with van der Waals surface area (Å²) in [7, 11) is -3.36. The van der Waals surface area contributed by atoms with Crippen molar-refractivity contribution < 1.29 is 8.42 Å². The third kappa shape index (κ3) is 3.83. The summed E-state index contributed by atoms with van der Waals surface area (Å²) in [4.78, 5) is 2.72. The molecule has 1 saturated heterocycles. The Balaban J connectivity index is 1.63. The molecule has 0 aliphatic carbocycles. The highest BCUT2D eigenvalue weighted by molar-refractivity contribution is 7.89. The Labute approximate surface area is 142 Å². The summed E-state index contributed by atoms with van der Waals surface area (Å²) in [6.07, 6.45) is 0.918. The standard InChI is InChI=1S/C17H22N2O2S2/c1-2-15-3-5-17(6-4-15)23(20,21)19-10-8-18(9-11-19)13-16-7-12-22-14-16/h3-7,12,14H,2,8-11,13H2,1H3. The molecule has 1 aromatic heterocycles. The number of benzene rings is 1. The van der Waals surface area contributed by atoms with Crippen LogP contribution in [0, 0.1) is 0 Å². The van der Waals surface area contributed by atoms with Gasteiger partial charge in [-0.15, -0.1) is 0 Å². The lowest BCUT2D eigenvalue weighted by molar-refractivity contribution is 0.182. The Morgan fingerprint density at radius 1 is 1.00 bits per heavy atom. The number of piperazine rings is 1. The lowest BCUT2D eigenvalue weighted by Crippen LogP contribution is -2.48. The van der Waals surface area contributed by atoms with Crippen LogP contribution in [0.5, 0.6) is 0 Å². The van der Waals surface area contributed by atoms with Crippen LogP contribution in [0.25, 0.3) is 0 Å². The minimum absolute atomic E-state index is 0.404. The van der Waals surface area contributed by atoms with Crippen molar-refractivity contribution in [3.8, 4) is 0 Å². The van der Waals surface area contributed by atoms with Crippen molar-refractivity contribution >= 4 is 21.4 Å². The van der Waals surface area contributed by atoms with Gasteiger partial charge in [-0.2, -0.15) is 15.6 Å². The summed E-state index contributed by atoms with van der Waals surface area (Å²) >= 11 is 1.70. The number of aryl methyl sites for hydroxylation is 1. The van der Waals surface area contributed by atoms with E-state index in [2.05, 4.69) is 28.7 Å². The maximum absolute atomic E-state index is 12.7. The van der Waals surface area contributed by atoms with E-state index < -0.39 is 10.0 Å². The lowest BCUT2D eigenvalue weighted by Gasteiger charge is -2.33. The molecule has 1 aliphatic rings. The van der Waals surface area contributed by atoms with Gasteiger partial charge in [-0.05, 0) is 46.5 Å². The molecule has 6 heteroatoms. The molecule has 124 valence electrons. The monoisotopic (exact) mass is 350 g/mol. The third-order valence-electron chi connectivity index (χ3n) is 4.29. The summed E-state index contributed by atoms with van der Waals surface area (Å²) in [5.74, 6) is 0. The molecule has 1 aromatic carbocycles. The Hall–Kier alpha value is -1.21. The Morgan fingerprint density at radius 2 is 1.70 bits per heavy atom. The van der Waals surface area contributed by atoms with Crippen LogP contribution in [0.2, 0.25) is 0 Å². The van der Waals surface area contributed by atoms with Gasteiger partial charge in [0.2, 0.25) is 10.0 Å². The number of nitrogens with zero attached hydrogens (tertiary/aromatic N) is 2. The number of thiophene rings is 1. The van der Waals surface area contributed by atoms with Gasteiger partial charge >= 0.3 is 0 Å². The van der Waals surface area contributed by atoms with E-state index in [1.54, 1.807) is 27.8 Å². The molecule has 0 radical (unpaired) electrons. The molecule has 0 atom stereocenters. The highest BCUT2D eigenvalue weighted by Crippen LogP contribution is 2.19. The fourth-order valence-corrected chi connectivity index (χ4v) is 4.90. The predicted octanol–water partition coefficient (Wildman–Crippen LogP) is 2.82. The number of hydrogen-bond donors (Lipinski definition) is 0. The molecule has 4 nitrogen and oxygen atoms in total. The van der Waals surface area contributed by atoms with Gasteiger partial charge in [0.25, 0.3) is 0 Å². The first-order valence-electron chi connectivity index (χ1n) is 7.92. The van der Waals surface area contributed by atoms with Gasteiger partial charge in [0.15, 0.2) is 0 Å². The van der Waals surface area contributed by atoms with Crippen LogP contribution < -0.4 is 0 Å². The second kappa shape index (κ2) is 7.13. The molecule has 0 bridgehead atoms. The third-order valence-corrected chi connectivity index (χ3v) is 6.93. The minimum Gasteiger partial charge on any atom is -0.296 e. The Kier molecular flexibility index (Phi) is 5.16. The summed E-state index contributed by atoms with van der Waals surface area (Å²) < 4.78 is 27.0. The lowest BCUT2D eigenvalue weighted by atomic mass is 10.2. The van der Waals surface area contributed by atoms with Crippen molar-refractivity contribution in [2.24, 2.45) is 0 Å². The zero-order valence-electron chi connectivity index (χ0n) is 13.3. The van der Waals surface area contributed by atoms with Gasteiger partial charge in [0.1, 0.15) is 0 Å². The summed E-state index contributed by atoms with van der Waals surface area (Å²) in [6.45, 7) is 5.65. The van der Waals surface area contributed by atoms with Crippen LogP contribution in [-0.2, 0) is 23.0 Å². The van der Waals surface area contributed by atoms with E-state index >= 15 is 0 Å². The van der Waals surface area contributed by atoms with Crippen LogP contribution in [0.3, 0.4) is 0 Å². The number of sulfonamides is 1. The van der Waals surface area contributed by atoms with Gasteiger partial charge in [-0.3, -0.25) is 4.90 Å². The highest BCUT2D eigenvalue weighted by Gasteiger charge is 2.28. The van der Waals surface area contributed by atoms with Crippen molar-refractivity contribution in [2.75, 3.05) is 26.2 Å². The van der Waals surface area contributed by atoms with Crippen LogP contribution in [0.4, 0.5) is 0 Å². The van der Waals surface area contributed by atoms with Crippen LogP contribution in [0.1, 0.15) is 18.1 Å². The Morgan fingerprint density at radius 3 is 2.26 bits per heavy atom. The fourth-order valence-electron chi connectivity index (χ4n) is 2.82. The maximum atomic E-state index is 12.7. The van der Waals surface area contributed by atoms with Crippen LogP contribution in [0.15, 0.2) is 46.0 Å². The van der Waals surface area contributed by atoms with Gasteiger partial charge in [-0.1, -0.05) is 19.1 Å². The van der Waals surface area contributed by atoms with Gasteiger partial charge in [-0.25, -0.2) is 8.42 Å². The fraction of sp³-hybridized carbons (Fsp3) is 0.412. The second-order valence-electron chi connectivity index (χ2n) is 5.81. The molecule has 1 aliphatic heterocycles. The Bertz CT molecular complexity index is 716. The molecule has 2 aromatic rings. The highest BCUT2D eigenvalue weighted by atomic mass is 32.2. The van der Waals surface area contributed by atoms with Crippen LogP contribution >= 0.6 is 11.3 Å². The molecule has 0 N–H and O–H groups in total. The average Bonchev–Trinajstić information content (AvgIpc) is 3.08. The van der Waals surface area contributed by atoms with E-state index in [0.717, 1.165) is 31.6 Å². The van der Waals surface area contributed by atoms with Gasteiger partial charge < -0.3 is 0 Å². The predicted molar refractivity (Wildman–Crippen MR) is 94.2 cm³/mol. The molecule has 0 amide bonds. The molecule has 23 heavy (non-hydrogen) atoms. The summed E-state index contributed by atoms with van der Waals surface area (Å²) in [5.41, 5.74) is 2.46. The topological polar surface area (TPSA) is 40.6 Å². The van der Waals surface area contributed by atoms with E-state index in [1.807, 2.05) is 12.1 Å². The zero-order valence-corrected chi connectivity index (χ0v) is 14.9. The van der Waals surface area contributed by atoms with Gasteiger partial charge in [0, 0.05) is 32.7 Å². The largest absolute Gasteiger partial charge is 0.296 e. The van der Waals surface area contributed by atoms with Crippen molar-refractivity contribution in [3.63, 3.8) is 0 Å². The van der Waals surface area contributed by atoms with E-state index in [0.29, 0.717) is 18.0 Å². The molecule has 2 heterocycles. The van der Waals surface area contributed by atoms with Crippen molar-refractivity contribution in [2.45, 2.75) is 24.8 Å². The molecule has 0 saturated carbocycles. The number of hydrogen-bond acceptors (Lipinski definition) is 4. The first kappa shape index (κ1) is 16.6. The smallest absolute Gasteiger partial charge is 0.243 e. The quantitative estimate of drug-likeness (QED) is 0.832. The summed E-state index contributed by atoms with van der Waals surface area (Å²) in [6, 6.07) is 9.39. The molecular weight excluding hydrogens is 328 g/mol. The maximum Gasteiger partial charge on any atom is 0.243 e. The van der Waals surface area contributed by atoms with Crippen LogP contribution in [-0.4, -0.2) is 43.8 Å². The van der Waals surface area contributed by atoms with E-state index in [9.17, 15) is 8.42 Å². The molecular formula is C17H22N2O2S2.